The number of amides is 1. The van der Waals surface area contributed by atoms with E-state index in [0.717, 1.165) is 41.6 Å². The Morgan fingerprint density at radius 1 is 1.02 bits per heavy atom. The Labute approximate surface area is 308 Å². The van der Waals surface area contributed by atoms with Crippen LogP contribution in [0, 0.1) is 10.1 Å². The van der Waals surface area contributed by atoms with Gasteiger partial charge in [0, 0.05) is 59.2 Å². The number of benzene rings is 4. The molecule has 14 heteroatoms. The van der Waals surface area contributed by atoms with Gasteiger partial charge in [-0.1, -0.05) is 41.9 Å². The van der Waals surface area contributed by atoms with Crippen LogP contribution in [0.15, 0.2) is 107 Å². The molecular formula is C37H42ClN5O6S2. The number of ether oxygens (including phenoxy) is 1. The van der Waals surface area contributed by atoms with Crippen molar-refractivity contribution in [2.24, 2.45) is 0 Å². The molecule has 4 aromatic carbocycles. The van der Waals surface area contributed by atoms with Gasteiger partial charge in [-0.3, -0.25) is 14.9 Å². The van der Waals surface area contributed by atoms with Gasteiger partial charge in [-0.15, -0.1) is 11.8 Å². The van der Waals surface area contributed by atoms with Crippen LogP contribution in [-0.4, -0.2) is 76.8 Å². The zero-order valence-corrected chi connectivity index (χ0v) is 31.1. The number of nitrogens with zero attached hydrogens (tertiary/aromatic N) is 3. The second kappa shape index (κ2) is 16.9. The Morgan fingerprint density at radius 3 is 2.35 bits per heavy atom. The zero-order chi connectivity index (χ0) is 36.6. The number of sulfonamides is 1. The number of carbonyl (C=O) groups is 1. The van der Waals surface area contributed by atoms with Gasteiger partial charge >= 0.3 is 0 Å². The second-order valence-electron chi connectivity index (χ2n) is 12.7. The van der Waals surface area contributed by atoms with Crippen molar-refractivity contribution in [3.8, 4) is 0 Å². The molecule has 1 unspecified atom stereocenters. The van der Waals surface area contributed by atoms with Crippen molar-refractivity contribution in [3.05, 3.63) is 123 Å². The molecule has 0 saturated carbocycles. The van der Waals surface area contributed by atoms with E-state index in [0.29, 0.717) is 30.3 Å². The van der Waals surface area contributed by atoms with Crippen molar-refractivity contribution in [3.63, 3.8) is 0 Å². The van der Waals surface area contributed by atoms with Crippen molar-refractivity contribution in [1.29, 1.82) is 0 Å². The van der Waals surface area contributed by atoms with E-state index >= 15 is 0 Å². The molecule has 1 amide bonds. The monoisotopic (exact) mass is 751 g/mol. The Bertz CT molecular complexity index is 1920. The van der Waals surface area contributed by atoms with Gasteiger partial charge in [-0.05, 0) is 106 Å². The molecule has 0 bridgehead atoms. The molecule has 5 rings (SSSR count). The summed E-state index contributed by atoms with van der Waals surface area (Å²) in [6, 6.07) is 27.7. The zero-order valence-electron chi connectivity index (χ0n) is 28.8. The van der Waals surface area contributed by atoms with Crippen molar-refractivity contribution in [2.75, 3.05) is 56.8 Å². The third-order valence-electron chi connectivity index (χ3n) is 8.99. The molecule has 11 nitrogen and oxygen atoms in total. The van der Waals surface area contributed by atoms with Crippen LogP contribution in [0.1, 0.15) is 35.2 Å². The molecule has 0 aliphatic carbocycles. The number of nitro groups is 1. The van der Waals surface area contributed by atoms with Gasteiger partial charge in [0.05, 0.1) is 15.4 Å². The lowest BCUT2D eigenvalue weighted by Crippen LogP contribution is -2.43. The van der Waals surface area contributed by atoms with Crippen molar-refractivity contribution >= 4 is 56.4 Å². The highest BCUT2D eigenvalue weighted by Crippen LogP contribution is 2.38. The summed E-state index contributed by atoms with van der Waals surface area (Å²) in [7, 11) is 1.19. The fraction of sp³-hybridized carbons (Fsp3) is 0.324. The summed E-state index contributed by atoms with van der Waals surface area (Å²) in [5.41, 5.74) is 1.40. The van der Waals surface area contributed by atoms with E-state index in [4.69, 9.17) is 16.3 Å². The third-order valence-corrected chi connectivity index (χ3v) is 11.7. The molecule has 0 spiro atoms. The maximum absolute atomic E-state index is 13.3. The van der Waals surface area contributed by atoms with Gasteiger partial charge < -0.3 is 19.9 Å². The number of carbonyl (C=O) groups excluding carboxylic acids is 1. The molecule has 0 radical (unpaired) electrons. The lowest BCUT2D eigenvalue weighted by molar-refractivity contribution is -0.384. The summed E-state index contributed by atoms with van der Waals surface area (Å²) in [4.78, 5) is 29.5. The molecule has 1 aliphatic rings. The number of rotatable bonds is 15. The van der Waals surface area contributed by atoms with Crippen LogP contribution >= 0.6 is 23.4 Å². The van der Waals surface area contributed by atoms with Crippen LogP contribution in [0.3, 0.4) is 0 Å². The van der Waals surface area contributed by atoms with Gasteiger partial charge in [-0.25, -0.2) is 13.1 Å². The lowest BCUT2D eigenvalue weighted by Gasteiger charge is -2.42. The summed E-state index contributed by atoms with van der Waals surface area (Å²) in [5, 5.41) is 16.0. The van der Waals surface area contributed by atoms with E-state index in [1.807, 2.05) is 73.6 Å². The number of hydrogen-bond donors (Lipinski definition) is 2. The molecule has 270 valence electrons. The first kappa shape index (κ1) is 38.1. The minimum Gasteiger partial charge on any atom is -0.376 e. The normalized spacial score (nSPS) is 15.0. The van der Waals surface area contributed by atoms with Crippen LogP contribution < -0.4 is 14.9 Å². The molecule has 51 heavy (non-hydrogen) atoms. The fourth-order valence-corrected chi connectivity index (χ4v) is 8.25. The standard InChI is InChI=1S/C37H42ClN5O6S2/c1-41(2)21-18-30(26-50-32-10-5-4-6-11-32)39-34-17-16-33(25-35(34)43(45)46)51(47,48)40-36(44)27-12-14-31(15-13-27)42-22-19-37(49-3,20-23-42)28-8-7-9-29(38)24-28/h4-17,24-25,30,39H,18-23,26H2,1-3H3,(H,40,44). The molecule has 1 fully saturated rings. The summed E-state index contributed by atoms with van der Waals surface area (Å²) >= 11 is 7.87. The highest BCUT2D eigenvalue weighted by atomic mass is 35.5. The summed E-state index contributed by atoms with van der Waals surface area (Å²) in [5.74, 6) is -0.204. The molecule has 1 aliphatic heterocycles. The first-order valence-electron chi connectivity index (χ1n) is 16.5. The summed E-state index contributed by atoms with van der Waals surface area (Å²) in [6.45, 7) is 2.15. The van der Waals surface area contributed by atoms with Crippen LogP contribution in [0.4, 0.5) is 17.1 Å². The maximum atomic E-state index is 13.3. The predicted molar refractivity (Wildman–Crippen MR) is 204 cm³/mol. The third kappa shape index (κ3) is 9.80. The molecule has 4 aromatic rings. The van der Waals surface area contributed by atoms with Crippen LogP contribution in [-0.2, 0) is 20.4 Å². The van der Waals surface area contributed by atoms with Gasteiger partial charge in [0.15, 0.2) is 0 Å². The number of nitrogens with one attached hydrogen (secondary N) is 2. The van der Waals surface area contributed by atoms with Crippen molar-refractivity contribution in [1.82, 2.24) is 9.62 Å². The van der Waals surface area contributed by atoms with E-state index < -0.39 is 32.1 Å². The quantitative estimate of drug-likeness (QED) is 0.0741. The van der Waals surface area contributed by atoms with E-state index in [1.165, 1.54) is 12.1 Å². The van der Waals surface area contributed by atoms with E-state index in [1.54, 1.807) is 43.1 Å². The molecular weight excluding hydrogens is 710 g/mol. The molecule has 0 aromatic heterocycles. The van der Waals surface area contributed by atoms with Gasteiger partial charge in [0.25, 0.3) is 21.6 Å². The number of methoxy groups -OCH3 is 1. The predicted octanol–water partition coefficient (Wildman–Crippen LogP) is 7.03. The average Bonchev–Trinajstić information content (AvgIpc) is 3.13. The first-order chi connectivity index (χ1) is 24.4. The number of thioether (sulfide) groups is 1. The maximum Gasteiger partial charge on any atom is 0.293 e. The Hall–Kier alpha value is -4.14. The topological polar surface area (TPSA) is 134 Å². The smallest absolute Gasteiger partial charge is 0.293 e. The number of halogens is 1. The van der Waals surface area contributed by atoms with Crippen LogP contribution in [0.5, 0.6) is 0 Å². The van der Waals surface area contributed by atoms with E-state index in [-0.39, 0.29) is 22.2 Å². The number of anilines is 2. The van der Waals surface area contributed by atoms with Crippen LogP contribution in [0.25, 0.3) is 0 Å². The van der Waals surface area contributed by atoms with Gasteiger partial charge in [0.1, 0.15) is 5.69 Å². The second-order valence-corrected chi connectivity index (χ2v) is 15.9. The largest absolute Gasteiger partial charge is 0.376 e. The van der Waals surface area contributed by atoms with Crippen LogP contribution in [0.2, 0.25) is 5.02 Å². The summed E-state index contributed by atoms with van der Waals surface area (Å²) in [6.07, 6.45) is 2.16. The fourth-order valence-electron chi connectivity index (χ4n) is 6.07. The molecule has 1 saturated heterocycles. The Morgan fingerprint density at radius 2 is 1.73 bits per heavy atom. The van der Waals surface area contributed by atoms with Gasteiger partial charge in [-0.2, -0.15) is 0 Å². The molecule has 1 heterocycles. The molecule has 1 atom stereocenters. The minimum absolute atomic E-state index is 0.136. The van der Waals surface area contributed by atoms with Crippen molar-refractivity contribution in [2.45, 2.75) is 40.7 Å². The van der Waals surface area contributed by atoms with E-state index in [2.05, 4.69) is 14.9 Å². The first-order valence-corrected chi connectivity index (χ1v) is 19.3. The number of hydrogen-bond acceptors (Lipinski definition) is 10. The SMILES string of the molecule is COC1(c2cccc(Cl)c2)CCN(c2ccc(C(=O)NS(=O)(=O)c3ccc(NC(CCN(C)C)CSc4ccccc4)c([N+](=O)[O-])c3)cc2)CC1. The summed E-state index contributed by atoms with van der Waals surface area (Å²) < 4.78 is 34.6. The molecule has 2 N–H and O–H groups in total. The Balaban J connectivity index is 1.24. The Kier molecular flexibility index (Phi) is 12.6. The van der Waals surface area contributed by atoms with Crippen molar-refractivity contribution < 1.29 is 22.9 Å². The highest BCUT2D eigenvalue weighted by molar-refractivity contribution is 7.99. The minimum atomic E-state index is -4.43. The van der Waals surface area contributed by atoms with E-state index in [9.17, 15) is 23.3 Å². The van der Waals surface area contributed by atoms with Gasteiger partial charge in [0.2, 0.25) is 0 Å². The lowest BCUT2D eigenvalue weighted by atomic mass is 9.84. The average molecular weight is 752 g/mol. The highest BCUT2D eigenvalue weighted by Gasteiger charge is 2.36. The number of piperidine rings is 1. The number of nitro benzene ring substituents is 1.